The molecule has 1 amide bonds. The number of carbonyl (C=O) groups is 2. The van der Waals surface area contributed by atoms with Crippen molar-refractivity contribution in [3.05, 3.63) is 57.8 Å². The number of carboxylic acid groups (broad SMARTS) is 1. The fraction of sp³-hybridized carbons (Fsp3) is 0. The van der Waals surface area contributed by atoms with Crippen LogP contribution >= 0.6 is 23.2 Å². The van der Waals surface area contributed by atoms with Gasteiger partial charge in [-0.25, -0.2) is 9.78 Å². The molecule has 20 heavy (non-hydrogen) atoms. The van der Waals surface area contributed by atoms with Gasteiger partial charge < -0.3 is 10.4 Å². The van der Waals surface area contributed by atoms with Gasteiger partial charge in [0.1, 0.15) is 10.3 Å². The quantitative estimate of drug-likeness (QED) is 0.852. The van der Waals surface area contributed by atoms with Crippen LogP contribution in [0.25, 0.3) is 0 Å². The van der Waals surface area contributed by atoms with E-state index in [9.17, 15) is 9.59 Å². The SMILES string of the molecule is O=C(O)c1ccc(NC(=O)c2ccc(Cl)nc2Cl)cc1. The summed E-state index contributed by atoms with van der Waals surface area (Å²) < 4.78 is 0. The Bertz CT molecular complexity index is 672. The molecule has 0 saturated heterocycles. The van der Waals surface area contributed by atoms with Crippen LogP contribution in [0.15, 0.2) is 36.4 Å². The molecule has 0 aliphatic heterocycles. The molecule has 0 atom stereocenters. The van der Waals surface area contributed by atoms with Gasteiger partial charge in [-0.2, -0.15) is 0 Å². The van der Waals surface area contributed by atoms with Gasteiger partial charge in [-0.1, -0.05) is 23.2 Å². The number of nitrogens with zero attached hydrogens (tertiary/aromatic N) is 1. The minimum atomic E-state index is -1.03. The largest absolute Gasteiger partial charge is 0.478 e. The molecule has 2 rings (SSSR count). The fourth-order valence-electron chi connectivity index (χ4n) is 1.48. The predicted molar refractivity (Wildman–Crippen MR) is 75.6 cm³/mol. The second-order valence-corrected chi connectivity index (χ2v) is 4.55. The average molecular weight is 311 g/mol. The van der Waals surface area contributed by atoms with Gasteiger partial charge in [-0.05, 0) is 36.4 Å². The van der Waals surface area contributed by atoms with Crippen LogP contribution < -0.4 is 5.32 Å². The first-order valence-corrected chi connectivity index (χ1v) is 6.20. The molecule has 0 aliphatic rings. The van der Waals surface area contributed by atoms with E-state index in [-0.39, 0.29) is 21.4 Å². The van der Waals surface area contributed by atoms with Crippen LogP contribution in [0.1, 0.15) is 20.7 Å². The molecule has 2 aromatic rings. The molecule has 0 bridgehead atoms. The Hall–Kier alpha value is -2.11. The summed E-state index contributed by atoms with van der Waals surface area (Å²) in [4.78, 5) is 26.4. The van der Waals surface area contributed by atoms with E-state index < -0.39 is 11.9 Å². The van der Waals surface area contributed by atoms with Crippen LogP contribution in [-0.2, 0) is 0 Å². The summed E-state index contributed by atoms with van der Waals surface area (Å²) in [5, 5.41) is 11.5. The van der Waals surface area contributed by atoms with Crippen molar-refractivity contribution in [3.8, 4) is 0 Å². The van der Waals surface area contributed by atoms with E-state index in [0.29, 0.717) is 5.69 Å². The van der Waals surface area contributed by atoms with E-state index in [4.69, 9.17) is 28.3 Å². The highest BCUT2D eigenvalue weighted by Gasteiger charge is 2.12. The van der Waals surface area contributed by atoms with Crippen molar-refractivity contribution >= 4 is 40.8 Å². The Labute approximate surface area is 124 Å². The highest BCUT2D eigenvalue weighted by molar-refractivity contribution is 6.35. The summed E-state index contributed by atoms with van der Waals surface area (Å²) in [6, 6.07) is 8.66. The summed E-state index contributed by atoms with van der Waals surface area (Å²) >= 11 is 11.5. The van der Waals surface area contributed by atoms with Gasteiger partial charge in [0.15, 0.2) is 0 Å². The molecule has 0 aliphatic carbocycles. The molecular formula is C13H8Cl2N2O3. The molecule has 1 aromatic carbocycles. The normalized spacial score (nSPS) is 10.1. The van der Waals surface area contributed by atoms with Crippen molar-refractivity contribution in [2.45, 2.75) is 0 Å². The number of hydrogen-bond donors (Lipinski definition) is 2. The first kappa shape index (κ1) is 14.3. The number of aromatic nitrogens is 1. The number of rotatable bonds is 3. The van der Waals surface area contributed by atoms with Crippen LogP contribution in [0.3, 0.4) is 0 Å². The molecule has 0 fully saturated rings. The van der Waals surface area contributed by atoms with Gasteiger partial charge in [0.2, 0.25) is 0 Å². The van der Waals surface area contributed by atoms with Crippen molar-refractivity contribution in [1.82, 2.24) is 4.98 Å². The maximum atomic E-state index is 12.0. The van der Waals surface area contributed by atoms with E-state index in [1.54, 1.807) is 0 Å². The molecule has 0 saturated carbocycles. The van der Waals surface area contributed by atoms with Crippen molar-refractivity contribution in [2.75, 3.05) is 5.32 Å². The number of pyridine rings is 1. The number of hydrogen-bond acceptors (Lipinski definition) is 3. The lowest BCUT2D eigenvalue weighted by Gasteiger charge is -2.06. The maximum Gasteiger partial charge on any atom is 0.335 e. The fourth-order valence-corrected chi connectivity index (χ4v) is 1.91. The number of nitrogens with one attached hydrogen (secondary N) is 1. The van der Waals surface area contributed by atoms with Crippen molar-refractivity contribution in [2.24, 2.45) is 0 Å². The monoisotopic (exact) mass is 310 g/mol. The summed E-state index contributed by atoms with van der Waals surface area (Å²) in [5.74, 6) is -1.49. The highest BCUT2D eigenvalue weighted by atomic mass is 35.5. The van der Waals surface area contributed by atoms with Crippen LogP contribution in [0.4, 0.5) is 5.69 Å². The third kappa shape index (κ3) is 3.26. The van der Waals surface area contributed by atoms with E-state index in [0.717, 1.165) is 0 Å². The van der Waals surface area contributed by atoms with Crippen molar-refractivity contribution < 1.29 is 14.7 Å². The van der Waals surface area contributed by atoms with Gasteiger partial charge in [0.05, 0.1) is 11.1 Å². The smallest absolute Gasteiger partial charge is 0.335 e. The van der Waals surface area contributed by atoms with Gasteiger partial charge in [-0.3, -0.25) is 4.79 Å². The number of halogens is 2. The molecular weight excluding hydrogens is 303 g/mol. The summed E-state index contributed by atoms with van der Waals surface area (Å²) in [5.41, 5.74) is 0.763. The van der Waals surface area contributed by atoms with E-state index in [1.165, 1.54) is 36.4 Å². The number of carbonyl (C=O) groups excluding carboxylic acids is 1. The third-order valence-corrected chi connectivity index (χ3v) is 2.95. The maximum absolute atomic E-state index is 12.0. The van der Waals surface area contributed by atoms with E-state index in [2.05, 4.69) is 10.3 Å². The number of aromatic carboxylic acids is 1. The Kier molecular flexibility index (Phi) is 4.22. The zero-order valence-corrected chi connectivity index (χ0v) is 11.4. The minimum Gasteiger partial charge on any atom is -0.478 e. The molecule has 5 nitrogen and oxygen atoms in total. The van der Waals surface area contributed by atoms with Crippen LogP contribution in [-0.4, -0.2) is 22.0 Å². The van der Waals surface area contributed by atoms with E-state index >= 15 is 0 Å². The number of benzene rings is 1. The summed E-state index contributed by atoms with van der Waals surface area (Å²) in [7, 11) is 0. The number of carboxylic acids is 1. The Morgan fingerprint density at radius 1 is 1.05 bits per heavy atom. The topological polar surface area (TPSA) is 79.3 Å². The lowest BCUT2D eigenvalue weighted by Crippen LogP contribution is -2.13. The Morgan fingerprint density at radius 2 is 1.70 bits per heavy atom. The first-order chi connectivity index (χ1) is 9.47. The minimum absolute atomic E-state index is 0.00263. The molecule has 102 valence electrons. The molecule has 2 N–H and O–H groups in total. The lowest BCUT2D eigenvalue weighted by molar-refractivity contribution is 0.0696. The van der Waals surface area contributed by atoms with Gasteiger partial charge >= 0.3 is 5.97 Å². The Morgan fingerprint density at radius 3 is 2.25 bits per heavy atom. The number of anilines is 1. The predicted octanol–water partition coefficient (Wildman–Crippen LogP) is 3.34. The van der Waals surface area contributed by atoms with E-state index in [1.807, 2.05) is 0 Å². The van der Waals surface area contributed by atoms with Gasteiger partial charge in [0.25, 0.3) is 5.91 Å². The Balaban J connectivity index is 2.17. The second kappa shape index (κ2) is 5.90. The molecule has 7 heteroatoms. The highest BCUT2D eigenvalue weighted by Crippen LogP contribution is 2.18. The summed E-state index contributed by atoms with van der Waals surface area (Å²) in [6.45, 7) is 0. The molecule has 1 heterocycles. The molecule has 0 spiro atoms. The zero-order chi connectivity index (χ0) is 14.7. The lowest BCUT2D eigenvalue weighted by atomic mass is 10.2. The second-order valence-electron chi connectivity index (χ2n) is 3.81. The molecule has 1 aromatic heterocycles. The molecule has 0 unspecified atom stereocenters. The summed E-state index contributed by atoms with van der Waals surface area (Å²) in [6.07, 6.45) is 0. The first-order valence-electron chi connectivity index (χ1n) is 5.44. The van der Waals surface area contributed by atoms with Crippen LogP contribution in [0.5, 0.6) is 0 Å². The van der Waals surface area contributed by atoms with Crippen LogP contribution in [0, 0.1) is 0 Å². The third-order valence-electron chi connectivity index (χ3n) is 2.45. The molecule has 0 radical (unpaired) electrons. The average Bonchev–Trinajstić information content (AvgIpc) is 2.39. The van der Waals surface area contributed by atoms with Crippen LogP contribution in [0.2, 0.25) is 10.3 Å². The van der Waals surface area contributed by atoms with Gasteiger partial charge in [0, 0.05) is 5.69 Å². The standard InChI is InChI=1S/C13H8Cl2N2O3/c14-10-6-5-9(11(15)17-10)12(18)16-8-3-1-7(2-4-8)13(19)20/h1-6H,(H,16,18)(H,19,20). The number of amides is 1. The zero-order valence-electron chi connectivity index (χ0n) is 9.93. The van der Waals surface area contributed by atoms with Crippen molar-refractivity contribution in [1.29, 1.82) is 0 Å². The van der Waals surface area contributed by atoms with Crippen molar-refractivity contribution in [3.63, 3.8) is 0 Å². The van der Waals surface area contributed by atoms with Gasteiger partial charge in [-0.15, -0.1) is 0 Å².